The summed E-state index contributed by atoms with van der Waals surface area (Å²) >= 11 is 0. The average Bonchev–Trinajstić information content (AvgIpc) is 2.13. The van der Waals surface area contributed by atoms with Crippen molar-refractivity contribution in [3.63, 3.8) is 0 Å². The highest BCUT2D eigenvalue weighted by atomic mass is 16.3. The molecule has 1 N–H and O–H groups in total. The van der Waals surface area contributed by atoms with Gasteiger partial charge < -0.3 is 5.11 Å². The number of rotatable bonds is 9. The van der Waals surface area contributed by atoms with Gasteiger partial charge in [0.25, 0.3) is 0 Å². The van der Waals surface area contributed by atoms with Gasteiger partial charge in [0.2, 0.25) is 0 Å². The van der Waals surface area contributed by atoms with Crippen LogP contribution in [0.15, 0.2) is 0 Å². The van der Waals surface area contributed by atoms with Gasteiger partial charge in [-0.05, 0) is 19.8 Å². The summed E-state index contributed by atoms with van der Waals surface area (Å²) in [5.74, 6) is 0. The van der Waals surface area contributed by atoms with Crippen molar-refractivity contribution >= 4 is 0 Å². The quantitative estimate of drug-likeness (QED) is 0.550. The van der Waals surface area contributed by atoms with Crippen molar-refractivity contribution in [3.05, 3.63) is 0 Å². The number of aliphatic hydroxyl groups is 1. The molecule has 0 fully saturated rings. The van der Waals surface area contributed by atoms with E-state index in [1.165, 1.54) is 44.9 Å². The highest BCUT2D eigenvalue weighted by Crippen LogP contribution is 2.21. The maximum atomic E-state index is 10.0. The lowest BCUT2D eigenvalue weighted by molar-refractivity contribution is 0.0368. The van der Waals surface area contributed by atoms with E-state index < -0.39 is 5.60 Å². The molecule has 1 nitrogen and oxygen atoms in total. The van der Waals surface area contributed by atoms with Gasteiger partial charge in [-0.3, -0.25) is 0 Å². The Morgan fingerprint density at radius 3 is 1.71 bits per heavy atom. The lowest BCUT2D eigenvalue weighted by atomic mass is 9.92. The molecule has 0 aromatic rings. The fourth-order valence-electron chi connectivity index (χ4n) is 1.81. The van der Waals surface area contributed by atoms with Gasteiger partial charge in [0.05, 0.1) is 5.60 Å². The van der Waals surface area contributed by atoms with Crippen molar-refractivity contribution in [1.29, 1.82) is 0 Å². The van der Waals surface area contributed by atoms with Crippen LogP contribution in [0, 0.1) is 0 Å². The third-order valence-corrected chi connectivity index (χ3v) is 2.89. The van der Waals surface area contributed by atoms with E-state index in [0.717, 1.165) is 12.8 Å². The topological polar surface area (TPSA) is 20.2 Å². The zero-order valence-corrected chi connectivity index (χ0v) is 10.3. The summed E-state index contributed by atoms with van der Waals surface area (Å²) in [6.07, 6.45) is 10.7. The van der Waals surface area contributed by atoms with E-state index in [1.54, 1.807) is 0 Å². The van der Waals surface area contributed by atoms with Gasteiger partial charge in [-0.25, -0.2) is 0 Å². The highest BCUT2D eigenvalue weighted by molar-refractivity contribution is 4.72. The van der Waals surface area contributed by atoms with E-state index >= 15 is 0 Å². The van der Waals surface area contributed by atoms with Crippen LogP contribution in [0.1, 0.15) is 78.6 Å². The first kappa shape index (κ1) is 14.0. The van der Waals surface area contributed by atoms with Crippen LogP contribution < -0.4 is 0 Å². The lowest BCUT2D eigenvalue weighted by Crippen LogP contribution is -2.23. The van der Waals surface area contributed by atoms with Gasteiger partial charge in [0, 0.05) is 0 Å². The van der Waals surface area contributed by atoms with Crippen LogP contribution in [-0.2, 0) is 0 Å². The zero-order chi connectivity index (χ0) is 10.9. The van der Waals surface area contributed by atoms with Crippen molar-refractivity contribution in [2.45, 2.75) is 84.2 Å². The van der Waals surface area contributed by atoms with Gasteiger partial charge in [-0.15, -0.1) is 0 Å². The Bertz CT molecular complexity index is 118. The highest BCUT2D eigenvalue weighted by Gasteiger charge is 2.18. The first-order chi connectivity index (χ1) is 6.62. The van der Waals surface area contributed by atoms with Crippen molar-refractivity contribution in [3.8, 4) is 0 Å². The molecule has 0 radical (unpaired) electrons. The Kier molecular flexibility index (Phi) is 8.26. The molecule has 0 saturated carbocycles. The van der Waals surface area contributed by atoms with Gasteiger partial charge in [0.1, 0.15) is 0 Å². The second-order valence-electron chi connectivity index (χ2n) is 4.76. The molecule has 0 aromatic heterocycles. The summed E-state index contributed by atoms with van der Waals surface area (Å²) < 4.78 is 0. The van der Waals surface area contributed by atoms with Crippen LogP contribution in [-0.4, -0.2) is 10.7 Å². The van der Waals surface area contributed by atoms with Crippen molar-refractivity contribution in [1.82, 2.24) is 0 Å². The predicted octanol–water partition coefficient (Wildman–Crippen LogP) is 4.29. The summed E-state index contributed by atoms with van der Waals surface area (Å²) in [6.45, 7) is 6.42. The Morgan fingerprint density at radius 2 is 1.21 bits per heavy atom. The molecule has 0 aliphatic rings. The zero-order valence-electron chi connectivity index (χ0n) is 10.3. The second kappa shape index (κ2) is 8.28. The molecule has 0 spiro atoms. The van der Waals surface area contributed by atoms with E-state index in [2.05, 4.69) is 13.8 Å². The molecular formula is C13H28O. The van der Waals surface area contributed by atoms with E-state index in [-0.39, 0.29) is 0 Å². The number of hydrogen-bond donors (Lipinski definition) is 1. The number of unbranched alkanes of at least 4 members (excludes halogenated alkanes) is 5. The Labute approximate surface area is 89.9 Å². The van der Waals surface area contributed by atoms with E-state index in [4.69, 9.17) is 0 Å². The van der Waals surface area contributed by atoms with Crippen molar-refractivity contribution in [2.24, 2.45) is 0 Å². The molecular weight excluding hydrogens is 172 g/mol. The number of hydrogen-bond acceptors (Lipinski definition) is 1. The second-order valence-corrected chi connectivity index (χ2v) is 4.76. The molecule has 1 atom stereocenters. The van der Waals surface area contributed by atoms with Gasteiger partial charge in [-0.1, -0.05) is 58.8 Å². The van der Waals surface area contributed by atoms with Gasteiger partial charge in [0.15, 0.2) is 0 Å². The van der Waals surface area contributed by atoms with Crippen LogP contribution in [0.25, 0.3) is 0 Å². The summed E-state index contributed by atoms with van der Waals surface area (Å²) in [5.41, 5.74) is -0.400. The van der Waals surface area contributed by atoms with Crippen LogP contribution in [0.4, 0.5) is 0 Å². The molecule has 0 aliphatic carbocycles. The SMILES string of the molecule is CCCCCCC(C)(O)CCCCC. The summed E-state index contributed by atoms with van der Waals surface area (Å²) in [7, 11) is 0. The Hall–Kier alpha value is -0.0400. The standard InChI is InChI=1S/C13H28O/c1-4-6-8-10-12-13(3,14)11-9-7-5-2/h14H,4-12H2,1-3H3. The summed E-state index contributed by atoms with van der Waals surface area (Å²) in [4.78, 5) is 0. The predicted molar refractivity (Wildman–Crippen MR) is 63.5 cm³/mol. The monoisotopic (exact) mass is 200 g/mol. The van der Waals surface area contributed by atoms with Crippen LogP contribution in [0.5, 0.6) is 0 Å². The third kappa shape index (κ3) is 8.55. The molecule has 0 bridgehead atoms. The van der Waals surface area contributed by atoms with Crippen LogP contribution >= 0.6 is 0 Å². The van der Waals surface area contributed by atoms with Crippen molar-refractivity contribution in [2.75, 3.05) is 0 Å². The average molecular weight is 200 g/mol. The Morgan fingerprint density at radius 1 is 0.786 bits per heavy atom. The maximum Gasteiger partial charge on any atom is 0.0619 e. The lowest BCUT2D eigenvalue weighted by Gasteiger charge is -2.23. The molecule has 1 heteroatoms. The van der Waals surface area contributed by atoms with Gasteiger partial charge >= 0.3 is 0 Å². The molecule has 14 heavy (non-hydrogen) atoms. The molecule has 86 valence electrons. The normalized spacial score (nSPS) is 15.4. The summed E-state index contributed by atoms with van der Waals surface area (Å²) in [6, 6.07) is 0. The minimum absolute atomic E-state index is 0.400. The Balaban J connectivity index is 3.40. The molecule has 1 unspecified atom stereocenters. The van der Waals surface area contributed by atoms with Crippen LogP contribution in [0.2, 0.25) is 0 Å². The van der Waals surface area contributed by atoms with E-state index in [0.29, 0.717) is 0 Å². The smallest absolute Gasteiger partial charge is 0.0619 e. The molecule has 0 heterocycles. The van der Waals surface area contributed by atoms with Gasteiger partial charge in [-0.2, -0.15) is 0 Å². The van der Waals surface area contributed by atoms with E-state index in [1.807, 2.05) is 6.92 Å². The molecule has 0 aliphatic heterocycles. The molecule has 0 aromatic carbocycles. The molecule has 0 amide bonds. The minimum Gasteiger partial charge on any atom is -0.390 e. The first-order valence-corrected chi connectivity index (χ1v) is 6.34. The molecule has 0 rings (SSSR count). The van der Waals surface area contributed by atoms with Crippen molar-refractivity contribution < 1.29 is 5.11 Å². The fourth-order valence-corrected chi connectivity index (χ4v) is 1.81. The largest absolute Gasteiger partial charge is 0.390 e. The fraction of sp³-hybridized carbons (Fsp3) is 1.00. The van der Waals surface area contributed by atoms with Crippen LogP contribution in [0.3, 0.4) is 0 Å². The first-order valence-electron chi connectivity index (χ1n) is 6.34. The van der Waals surface area contributed by atoms with E-state index in [9.17, 15) is 5.11 Å². The third-order valence-electron chi connectivity index (χ3n) is 2.89. The minimum atomic E-state index is -0.400. The summed E-state index contributed by atoms with van der Waals surface area (Å²) in [5, 5.41) is 10.0. The molecule has 0 saturated heterocycles. The maximum absolute atomic E-state index is 10.0.